The number of hydrogen-bond acceptors (Lipinski definition) is 1. The van der Waals surface area contributed by atoms with Crippen molar-refractivity contribution in [1.82, 2.24) is 0 Å². The molecule has 1 N–H and O–H groups in total. The molecule has 0 spiro atoms. The number of benzene rings is 1. The monoisotopic (exact) mass is 286 g/mol. The molecule has 3 heteroatoms. The maximum atomic E-state index is 10.9. The highest BCUT2D eigenvalue weighted by Crippen LogP contribution is 2.40. The van der Waals surface area contributed by atoms with Crippen molar-refractivity contribution in [3.8, 4) is 0 Å². The molecule has 18 heavy (non-hydrogen) atoms. The highest BCUT2D eigenvalue weighted by molar-refractivity contribution is 6.36. The first kappa shape index (κ1) is 14.2. The van der Waals surface area contributed by atoms with E-state index in [4.69, 9.17) is 23.2 Å². The zero-order valence-corrected chi connectivity index (χ0v) is 12.3. The topological polar surface area (TPSA) is 20.2 Å². The molecule has 1 nitrogen and oxygen atoms in total. The zero-order chi connectivity index (χ0) is 13.2. The van der Waals surface area contributed by atoms with Crippen LogP contribution in [0.2, 0.25) is 10.0 Å². The van der Waals surface area contributed by atoms with E-state index in [0.717, 1.165) is 31.2 Å². The SMILES string of the molecule is CCC1CCCCC1(O)Cc1c(Cl)cccc1Cl. The second kappa shape index (κ2) is 5.81. The van der Waals surface area contributed by atoms with Crippen molar-refractivity contribution in [2.75, 3.05) is 0 Å². The van der Waals surface area contributed by atoms with Crippen LogP contribution in [0.3, 0.4) is 0 Å². The molecule has 2 unspecified atom stereocenters. The molecule has 0 amide bonds. The Morgan fingerprint density at radius 1 is 1.28 bits per heavy atom. The van der Waals surface area contributed by atoms with Crippen molar-refractivity contribution < 1.29 is 5.11 Å². The summed E-state index contributed by atoms with van der Waals surface area (Å²) in [5, 5.41) is 12.2. The van der Waals surface area contributed by atoms with Crippen molar-refractivity contribution in [2.45, 2.75) is 51.0 Å². The number of halogens is 2. The van der Waals surface area contributed by atoms with Crippen molar-refractivity contribution in [3.05, 3.63) is 33.8 Å². The second-order valence-corrected chi connectivity index (χ2v) is 6.15. The van der Waals surface area contributed by atoms with E-state index in [-0.39, 0.29) is 0 Å². The van der Waals surface area contributed by atoms with E-state index in [1.807, 2.05) is 18.2 Å². The lowest BCUT2D eigenvalue weighted by Crippen LogP contribution is -2.42. The fraction of sp³-hybridized carbons (Fsp3) is 0.600. The molecule has 0 radical (unpaired) electrons. The molecule has 1 aromatic rings. The first-order valence-corrected chi connectivity index (χ1v) is 7.47. The van der Waals surface area contributed by atoms with Gasteiger partial charge in [-0.3, -0.25) is 0 Å². The van der Waals surface area contributed by atoms with Gasteiger partial charge in [0.2, 0.25) is 0 Å². The van der Waals surface area contributed by atoms with Gasteiger partial charge in [-0.05, 0) is 36.5 Å². The highest BCUT2D eigenvalue weighted by Gasteiger charge is 2.38. The van der Waals surface area contributed by atoms with Gasteiger partial charge in [0.15, 0.2) is 0 Å². The summed E-state index contributed by atoms with van der Waals surface area (Å²) in [5.41, 5.74) is 0.255. The third kappa shape index (κ3) is 2.84. The van der Waals surface area contributed by atoms with Crippen LogP contribution in [0.25, 0.3) is 0 Å². The molecule has 0 aromatic heterocycles. The molecule has 1 aliphatic rings. The van der Waals surface area contributed by atoms with Crippen LogP contribution in [-0.2, 0) is 6.42 Å². The second-order valence-electron chi connectivity index (χ2n) is 5.33. The lowest BCUT2D eigenvalue weighted by molar-refractivity contribution is -0.0491. The van der Waals surface area contributed by atoms with Gasteiger partial charge >= 0.3 is 0 Å². The Hall–Kier alpha value is -0.240. The van der Waals surface area contributed by atoms with Crippen LogP contribution in [0.4, 0.5) is 0 Å². The first-order valence-electron chi connectivity index (χ1n) is 6.72. The van der Waals surface area contributed by atoms with E-state index in [0.29, 0.717) is 22.4 Å². The minimum absolute atomic E-state index is 0.360. The Bertz CT molecular complexity index is 399. The minimum atomic E-state index is -0.637. The van der Waals surface area contributed by atoms with Crippen LogP contribution in [-0.4, -0.2) is 10.7 Å². The molecule has 2 rings (SSSR count). The average molecular weight is 287 g/mol. The molecule has 1 aliphatic carbocycles. The Morgan fingerprint density at radius 3 is 2.56 bits per heavy atom. The molecule has 2 atom stereocenters. The standard InChI is InChI=1S/C15H20Cl2O/c1-2-11-6-3-4-9-15(11,18)10-12-13(16)7-5-8-14(12)17/h5,7-8,11,18H,2-4,6,9-10H2,1H3. The van der Waals surface area contributed by atoms with E-state index >= 15 is 0 Å². The van der Waals surface area contributed by atoms with E-state index in [2.05, 4.69) is 6.92 Å². The predicted octanol–water partition coefficient (Wildman–Crippen LogP) is 4.87. The number of hydrogen-bond donors (Lipinski definition) is 1. The van der Waals surface area contributed by atoms with Crippen LogP contribution >= 0.6 is 23.2 Å². The average Bonchev–Trinajstić information content (AvgIpc) is 2.35. The summed E-state index contributed by atoms with van der Waals surface area (Å²) in [7, 11) is 0. The number of rotatable bonds is 3. The van der Waals surface area contributed by atoms with E-state index < -0.39 is 5.60 Å². The smallest absolute Gasteiger partial charge is 0.0716 e. The molecule has 1 aromatic carbocycles. The molecular formula is C15H20Cl2O. The van der Waals surface area contributed by atoms with Crippen LogP contribution < -0.4 is 0 Å². The van der Waals surface area contributed by atoms with Crippen molar-refractivity contribution in [2.24, 2.45) is 5.92 Å². The zero-order valence-electron chi connectivity index (χ0n) is 10.8. The maximum Gasteiger partial charge on any atom is 0.0716 e. The van der Waals surface area contributed by atoms with Crippen LogP contribution in [0.15, 0.2) is 18.2 Å². The first-order chi connectivity index (χ1) is 8.57. The summed E-state index contributed by atoms with van der Waals surface area (Å²) in [6.45, 7) is 2.15. The highest BCUT2D eigenvalue weighted by atomic mass is 35.5. The molecular weight excluding hydrogens is 267 g/mol. The Labute approximate surface area is 119 Å². The number of aliphatic hydroxyl groups is 1. The van der Waals surface area contributed by atoms with Crippen molar-refractivity contribution in [3.63, 3.8) is 0 Å². The summed E-state index contributed by atoms with van der Waals surface area (Å²) in [5.74, 6) is 0.360. The fourth-order valence-electron chi connectivity index (χ4n) is 3.12. The molecule has 1 saturated carbocycles. The largest absolute Gasteiger partial charge is 0.389 e. The quantitative estimate of drug-likeness (QED) is 0.841. The lowest BCUT2D eigenvalue weighted by Gasteiger charge is -2.40. The summed E-state index contributed by atoms with van der Waals surface area (Å²) in [4.78, 5) is 0. The summed E-state index contributed by atoms with van der Waals surface area (Å²) in [6.07, 6.45) is 5.86. The molecule has 0 heterocycles. The van der Waals surface area contributed by atoms with E-state index in [1.165, 1.54) is 6.42 Å². The molecule has 0 bridgehead atoms. The summed E-state index contributed by atoms with van der Waals surface area (Å²) >= 11 is 12.4. The lowest BCUT2D eigenvalue weighted by atomic mass is 9.71. The molecule has 0 aliphatic heterocycles. The Morgan fingerprint density at radius 2 is 1.94 bits per heavy atom. The van der Waals surface area contributed by atoms with Gasteiger partial charge in [0.25, 0.3) is 0 Å². The summed E-state index contributed by atoms with van der Waals surface area (Å²) in [6, 6.07) is 5.53. The fourth-order valence-corrected chi connectivity index (χ4v) is 3.65. The van der Waals surface area contributed by atoms with Crippen LogP contribution in [0, 0.1) is 5.92 Å². The minimum Gasteiger partial charge on any atom is -0.389 e. The third-order valence-corrected chi connectivity index (χ3v) is 4.92. The van der Waals surface area contributed by atoms with Gasteiger partial charge in [-0.25, -0.2) is 0 Å². The Kier molecular flexibility index (Phi) is 4.58. The van der Waals surface area contributed by atoms with Crippen molar-refractivity contribution >= 4 is 23.2 Å². The van der Waals surface area contributed by atoms with Gasteiger partial charge in [-0.2, -0.15) is 0 Å². The molecule has 1 fully saturated rings. The van der Waals surface area contributed by atoms with Crippen molar-refractivity contribution in [1.29, 1.82) is 0 Å². The van der Waals surface area contributed by atoms with E-state index in [9.17, 15) is 5.11 Å². The van der Waals surface area contributed by atoms with Gasteiger partial charge in [0.05, 0.1) is 5.60 Å². The summed E-state index contributed by atoms with van der Waals surface area (Å²) < 4.78 is 0. The van der Waals surface area contributed by atoms with Gasteiger partial charge < -0.3 is 5.11 Å². The van der Waals surface area contributed by atoms with Gasteiger partial charge in [0.1, 0.15) is 0 Å². The van der Waals surface area contributed by atoms with Gasteiger partial charge in [-0.1, -0.05) is 55.5 Å². The predicted molar refractivity (Wildman–Crippen MR) is 77.4 cm³/mol. The van der Waals surface area contributed by atoms with Gasteiger partial charge in [-0.15, -0.1) is 0 Å². The molecule has 100 valence electrons. The third-order valence-electron chi connectivity index (χ3n) is 4.21. The molecule has 0 saturated heterocycles. The van der Waals surface area contributed by atoms with Crippen LogP contribution in [0.5, 0.6) is 0 Å². The Balaban J connectivity index is 2.25. The van der Waals surface area contributed by atoms with E-state index in [1.54, 1.807) is 0 Å². The van der Waals surface area contributed by atoms with Crippen LogP contribution in [0.1, 0.15) is 44.6 Å². The van der Waals surface area contributed by atoms with Gasteiger partial charge in [0, 0.05) is 16.5 Å². The maximum absolute atomic E-state index is 10.9. The normalized spacial score (nSPS) is 28.3.